The van der Waals surface area contributed by atoms with Gasteiger partial charge in [-0.3, -0.25) is 0 Å². The van der Waals surface area contributed by atoms with Gasteiger partial charge in [0.15, 0.2) is 11.6 Å². The summed E-state index contributed by atoms with van der Waals surface area (Å²) >= 11 is 0. The number of benzene rings is 2. The Bertz CT molecular complexity index is 645. The van der Waals surface area contributed by atoms with Crippen molar-refractivity contribution >= 4 is 11.7 Å². The fourth-order valence-corrected chi connectivity index (χ4v) is 1.89. The van der Waals surface area contributed by atoms with Crippen LogP contribution in [-0.2, 0) is 6.42 Å². The zero-order valence-electron chi connectivity index (χ0n) is 12.0. The van der Waals surface area contributed by atoms with Crippen molar-refractivity contribution in [1.29, 1.82) is 0 Å². The third-order valence-corrected chi connectivity index (χ3v) is 3.02. The molecule has 2 amide bonds. The average molecular weight is 306 g/mol. The summed E-state index contributed by atoms with van der Waals surface area (Å²) in [4.78, 5) is 11.7. The Morgan fingerprint density at radius 3 is 2.50 bits per heavy atom. The molecule has 4 nitrogen and oxygen atoms in total. The van der Waals surface area contributed by atoms with E-state index in [9.17, 15) is 13.6 Å². The molecule has 0 radical (unpaired) electrons. The molecule has 22 heavy (non-hydrogen) atoms. The first kappa shape index (κ1) is 15.8. The molecule has 6 heteroatoms. The minimum Gasteiger partial charge on any atom is -0.494 e. The lowest BCUT2D eigenvalue weighted by atomic mass is 10.1. The molecule has 0 bridgehead atoms. The molecule has 0 spiro atoms. The minimum absolute atomic E-state index is 0.113. The third-order valence-electron chi connectivity index (χ3n) is 3.02. The molecule has 0 fully saturated rings. The molecule has 0 atom stereocenters. The number of halogens is 2. The molecule has 0 saturated carbocycles. The summed E-state index contributed by atoms with van der Waals surface area (Å²) in [5.41, 5.74) is 1.25. The van der Waals surface area contributed by atoms with Crippen LogP contribution in [-0.4, -0.2) is 19.7 Å². The summed E-state index contributed by atoms with van der Waals surface area (Å²) in [7, 11) is 1.37. The van der Waals surface area contributed by atoms with E-state index in [0.29, 0.717) is 18.7 Å². The standard InChI is InChI=1S/C16H16F2N2O2/c1-22-15-7-6-13(10-14(15)18)20-16(21)19-9-8-11-2-4-12(17)5-3-11/h2-7,10H,8-9H2,1H3,(H2,19,20,21). The quantitative estimate of drug-likeness (QED) is 0.890. The number of nitrogens with one attached hydrogen (secondary N) is 2. The van der Waals surface area contributed by atoms with Crippen molar-refractivity contribution in [3.8, 4) is 5.75 Å². The number of rotatable bonds is 5. The number of carbonyl (C=O) groups excluding carboxylic acids is 1. The van der Waals surface area contributed by atoms with Crippen molar-refractivity contribution in [3.05, 3.63) is 59.7 Å². The van der Waals surface area contributed by atoms with Crippen LogP contribution in [0.1, 0.15) is 5.56 Å². The molecule has 0 aliphatic rings. The van der Waals surface area contributed by atoms with Crippen LogP contribution in [0.15, 0.2) is 42.5 Å². The van der Waals surface area contributed by atoms with Gasteiger partial charge in [-0.05, 0) is 36.2 Å². The lowest BCUT2D eigenvalue weighted by Gasteiger charge is -2.09. The Labute approximate surface area is 127 Å². The lowest BCUT2D eigenvalue weighted by molar-refractivity contribution is 0.252. The van der Waals surface area contributed by atoms with Crippen molar-refractivity contribution in [1.82, 2.24) is 5.32 Å². The fourth-order valence-electron chi connectivity index (χ4n) is 1.89. The first-order valence-electron chi connectivity index (χ1n) is 6.71. The molecule has 0 aliphatic heterocycles. The fraction of sp³-hybridized carbons (Fsp3) is 0.188. The van der Waals surface area contributed by atoms with Crippen LogP contribution in [0.3, 0.4) is 0 Å². The van der Waals surface area contributed by atoms with Crippen LogP contribution < -0.4 is 15.4 Å². The topological polar surface area (TPSA) is 50.4 Å². The monoisotopic (exact) mass is 306 g/mol. The molecular weight excluding hydrogens is 290 g/mol. The first-order chi connectivity index (χ1) is 10.6. The number of methoxy groups -OCH3 is 1. The Kier molecular flexibility index (Phi) is 5.30. The van der Waals surface area contributed by atoms with Gasteiger partial charge < -0.3 is 15.4 Å². The largest absolute Gasteiger partial charge is 0.494 e. The zero-order valence-corrected chi connectivity index (χ0v) is 12.0. The van der Waals surface area contributed by atoms with E-state index in [-0.39, 0.29) is 11.6 Å². The molecule has 0 aliphatic carbocycles. The van der Waals surface area contributed by atoms with Gasteiger partial charge in [-0.2, -0.15) is 0 Å². The first-order valence-corrected chi connectivity index (χ1v) is 6.71. The SMILES string of the molecule is COc1ccc(NC(=O)NCCc2ccc(F)cc2)cc1F. The molecule has 2 rings (SSSR count). The minimum atomic E-state index is -0.549. The molecule has 0 aromatic heterocycles. The van der Waals surface area contributed by atoms with Gasteiger partial charge in [-0.15, -0.1) is 0 Å². The van der Waals surface area contributed by atoms with Crippen molar-refractivity contribution in [2.75, 3.05) is 19.0 Å². The van der Waals surface area contributed by atoms with Gasteiger partial charge in [0.2, 0.25) is 0 Å². The van der Waals surface area contributed by atoms with Crippen molar-refractivity contribution in [2.24, 2.45) is 0 Å². The second-order valence-electron chi connectivity index (χ2n) is 4.61. The predicted molar refractivity (Wildman–Crippen MR) is 80.1 cm³/mol. The summed E-state index contributed by atoms with van der Waals surface area (Å²) in [5, 5.41) is 5.17. The summed E-state index contributed by atoms with van der Waals surface area (Å²) in [6.45, 7) is 0.385. The second kappa shape index (κ2) is 7.40. The highest BCUT2D eigenvalue weighted by Gasteiger charge is 2.06. The molecule has 116 valence electrons. The van der Waals surface area contributed by atoms with Crippen molar-refractivity contribution in [3.63, 3.8) is 0 Å². The van der Waals surface area contributed by atoms with Crippen LogP contribution in [0.5, 0.6) is 5.75 Å². The van der Waals surface area contributed by atoms with E-state index in [4.69, 9.17) is 4.74 Å². The normalized spacial score (nSPS) is 10.1. The van der Waals surface area contributed by atoms with Crippen molar-refractivity contribution in [2.45, 2.75) is 6.42 Å². The summed E-state index contributed by atoms with van der Waals surface area (Å²) in [6.07, 6.45) is 0.574. The number of anilines is 1. The molecule has 2 N–H and O–H groups in total. The molecule has 2 aromatic rings. The van der Waals surface area contributed by atoms with Crippen molar-refractivity contribution < 1.29 is 18.3 Å². The summed E-state index contributed by atoms with van der Waals surface area (Å²) < 4.78 is 31.0. The number of ether oxygens (including phenoxy) is 1. The summed E-state index contributed by atoms with van der Waals surface area (Å²) in [6, 6.07) is 9.78. The van der Waals surface area contributed by atoms with Crippen LogP contribution in [0, 0.1) is 11.6 Å². The molecule has 2 aromatic carbocycles. The number of urea groups is 1. The molecular formula is C16H16F2N2O2. The maximum absolute atomic E-state index is 13.5. The van der Waals surface area contributed by atoms with E-state index in [1.807, 2.05) is 0 Å². The average Bonchev–Trinajstić information content (AvgIpc) is 2.49. The van der Waals surface area contributed by atoms with E-state index in [1.165, 1.54) is 31.4 Å². The maximum Gasteiger partial charge on any atom is 0.319 e. The maximum atomic E-state index is 13.5. The van der Waals surface area contributed by atoms with Gasteiger partial charge in [0.25, 0.3) is 0 Å². The Balaban J connectivity index is 1.80. The van der Waals surface area contributed by atoms with E-state index < -0.39 is 11.8 Å². The Hall–Kier alpha value is -2.63. The van der Waals surface area contributed by atoms with E-state index in [2.05, 4.69) is 10.6 Å². The van der Waals surface area contributed by atoms with Crippen LogP contribution in [0.25, 0.3) is 0 Å². The number of hydrogen-bond acceptors (Lipinski definition) is 2. The predicted octanol–water partition coefficient (Wildman–Crippen LogP) is 3.34. The molecule has 0 heterocycles. The Morgan fingerprint density at radius 2 is 1.86 bits per heavy atom. The number of carbonyl (C=O) groups is 1. The van der Waals surface area contributed by atoms with Gasteiger partial charge >= 0.3 is 6.03 Å². The molecule has 0 unspecified atom stereocenters. The van der Waals surface area contributed by atoms with E-state index >= 15 is 0 Å². The van der Waals surface area contributed by atoms with Gasteiger partial charge in [0, 0.05) is 18.3 Å². The Morgan fingerprint density at radius 1 is 1.14 bits per heavy atom. The highest BCUT2D eigenvalue weighted by molar-refractivity contribution is 5.89. The van der Waals surface area contributed by atoms with Gasteiger partial charge in [0.1, 0.15) is 5.82 Å². The van der Waals surface area contributed by atoms with E-state index in [0.717, 1.165) is 5.56 Å². The molecule has 0 saturated heterocycles. The van der Waals surface area contributed by atoms with Crippen LogP contribution in [0.2, 0.25) is 0 Å². The second-order valence-corrected chi connectivity index (χ2v) is 4.61. The smallest absolute Gasteiger partial charge is 0.319 e. The third kappa shape index (κ3) is 4.44. The van der Waals surface area contributed by atoms with Gasteiger partial charge in [-0.1, -0.05) is 12.1 Å². The van der Waals surface area contributed by atoms with Crippen LogP contribution in [0.4, 0.5) is 19.3 Å². The number of amides is 2. The zero-order chi connectivity index (χ0) is 15.9. The van der Waals surface area contributed by atoms with Crippen LogP contribution >= 0.6 is 0 Å². The van der Waals surface area contributed by atoms with Gasteiger partial charge in [-0.25, -0.2) is 13.6 Å². The number of hydrogen-bond donors (Lipinski definition) is 2. The van der Waals surface area contributed by atoms with E-state index in [1.54, 1.807) is 18.2 Å². The van der Waals surface area contributed by atoms with Gasteiger partial charge in [0.05, 0.1) is 7.11 Å². The highest BCUT2D eigenvalue weighted by Crippen LogP contribution is 2.20. The summed E-state index contributed by atoms with van der Waals surface area (Å²) in [5.74, 6) is -0.732. The highest BCUT2D eigenvalue weighted by atomic mass is 19.1. The lowest BCUT2D eigenvalue weighted by Crippen LogP contribution is -2.30.